The van der Waals surface area contributed by atoms with Gasteiger partial charge in [0.15, 0.2) is 0 Å². The molecule has 1 atom stereocenters. The van der Waals surface area contributed by atoms with Crippen molar-refractivity contribution in [3.05, 3.63) is 0 Å². The molecule has 3 heteroatoms. The van der Waals surface area contributed by atoms with Crippen LogP contribution in [0.5, 0.6) is 0 Å². The number of ether oxygens (including phenoxy) is 2. The van der Waals surface area contributed by atoms with Crippen LogP contribution < -0.4 is 5.32 Å². The first-order valence-electron chi connectivity index (χ1n) is 4.22. The minimum atomic E-state index is 0.276. The van der Waals surface area contributed by atoms with Crippen molar-refractivity contribution < 1.29 is 9.47 Å². The monoisotopic (exact) mass is 157 g/mol. The third-order valence-corrected chi connectivity index (χ3v) is 2.94. The van der Waals surface area contributed by atoms with Crippen LogP contribution in [0.3, 0.4) is 0 Å². The van der Waals surface area contributed by atoms with Crippen LogP contribution >= 0.6 is 0 Å². The Balaban J connectivity index is 2.06. The summed E-state index contributed by atoms with van der Waals surface area (Å²) in [4.78, 5) is 0. The van der Waals surface area contributed by atoms with Crippen molar-refractivity contribution in [2.75, 3.05) is 26.6 Å². The fourth-order valence-electron chi connectivity index (χ4n) is 1.96. The average Bonchev–Trinajstić information content (AvgIpc) is 2.36. The van der Waals surface area contributed by atoms with Gasteiger partial charge in [-0.1, -0.05) is 0 Å². The molecule has 2 rings (SSSR count). The first kappa shape index (κ1) is 7.53. The van der Waals surface area contributed by atoms with E-state index in [-0.39, 0.29) is 5.41 Å². The summed E-state index contributed by atoms with van der Waals surface area (Å²) in [6.07, 6.45) is 1.19. The fraction of sp³-hybridized carbons (Fsp3) is 1.00. The Hall–Kier alpha value is -0.120. The molecular formula is C8H15NO2. The van der Waals surface area contributed by atoms with Crippen molar-refractivity contribution in [2.24, 2.45) is 5.41 Å². The molecule has 2 heterocycles. The van der Waals surface area contributed by atoms with Crippen LogP contribution in [-0.2, 0) is 9.47 Å². The smallest absolute Gasteiger partial charge is 0.146 e. The summed E-state index contributed by atoms with van der Waals surface area (Å²) in [6.45, 7) is 5.52. The van der Waals surface area contributed by atoms with E-state index in [0.717, 1.165) is 19.8 Å². The second-order valence-electron chi connectivity index (χ2n) is 3.60. The molecule has 2 aliphatic heterocycles. The van der Waals surface area contributed by atoms with Gasteiger partial charge in [-0.2, -0.15) is 0 Å². The second-order valence-corrected chi connectivity index (χ2v) is 3.60. The molecule has 3 nitrogen and oxygen atoms in total. The maximum absolute atomic E-state index is 5.32. The lowest BCUT2D eigenvalue weighted by Crippen LogP contribution is -2.44. The molecule has 1 spiro atoms. The van der Waals surface area contributed by atoms with Crippen molar-refractivity contribution in [3.8, 4) is 0 Å². The molecule has 1 unspecified atom stereocenters. The number of rotatable bonds is 0. The van der Waals surface area contributed by atoms with Gasteiger partial charge in [0.05, 0.1) is 13.2 Å². The second kappa shape index (κ2) is 2.73. The van der Waals surface area contributed by atoms with Crippen molar-refractivity contribution in [2.45, 2.75) is 19.4 Å². The summed E-state index contributed by atoms with van der Waals surface area (Å²) >= 11 is 0. The summed E-state index contributed by atoms with van der Waals surface area (Å²) in [5.41, 5.74) is 0.276. The maximum Gasteiger partial charge on any atom is 0.146 e. The highest BCUT2D eigenvalue weighted by atomic mass is 16.7. The molecule has 0 saturated carbocycles. The van der Waals surface area contributed by atoms with Gasteiger partial charge in [0.2, 0.25) is 0 Å². The first-order valence-corrected chi connectivity index (χ1v) is 4.22. The van der Waals surface area contributed by atoms with Gasteiger partial charge in [-0.25, -0.2) is 0 Å². The predicted molar refractivity (Wildman–Crippen MR) is 41.3 cm³/mol. The van der Waals surface area contributed by atoms with Crippen molar-refractivity contribution in [3.63, 3.8) is 0 Å². The van der Waals surface area contributed by atoms with E-state index in [1.165, 1.54) is 6.42 Å². The lowest BCUT2D eigenvalue weighted by Gasteiger charge is -2.36. The molecule has 2 fully saturated rings. The maximum atomic E-state index is 5.32. The molecule has 11 heavy (non-hydrogen) atoms. The van der Waals surface area contributed by atoms with Gasteiger partial charge in [0.1, 0.15) is 6.79 Å². The zero-order chi connectivity index (χ0) is 7.73. The van der Waals surface area contributed by atoms with E-state index in [1.807, 2.05) is 0 Å². The van der Waals surface area contributed by atoms with E-state index < -0.39 is 0 Å². The Bertz CT molecular complexity index is 143. The third kappa shape index (κ3) is 1.17. The quantitative estimate of drug-likeness (QED) is 0.550. The first-order chi connectivity index (χ1) is 5.33. The van der Waals surface area contributed by atoms with E-state index >= 15 is 0 Å². The Labute approximate surface area is 67.1 Å². The highest BCUT2D eigenvalue weighted by Crippen LogP contribution is 2.33. The van der Waals surface area contributed by atoms with Crippen LogP contribution in [-0.4, -0.2) is 32.6 Å². The van der Waals surface area contributed by atoms with Gasteiger partial charge < -0.3 is 14.8 Å². The summed E-state index contributed by atoms with van der Waals surface area (Å²) in [5.74, 6) is 0. The molecule has 0 radical (unpaired) electrons. The van der Waals surface area contributed by atoms with Crippen LogP contribution in [0, 0.1) is 5.41 Å². The van der Waals surface area contributed by atoms with Crippen LogP contribution in [0.25, 0.3) is 0 Å². The van der Waals surface area contributed by atoms with Crippen LogP contribution in [0.4, 0.5) is 0 Å². The Kier molecular flexibility index (Phi) is 1.87. The molecule has 64 valence electrons. The molecule has 0 aromatic heterocycles. The Morgan fingerprint density at radius 1 is 1.36 bits per heavy atom. The van der Waals surface area contributed by atoms with Crippen molar-refractivity contribution in [1.29, 1.82) is 0 Å². The Morgan fingerprint density at radius 2 is 2.09 bits per heavy atom. The summed E-state index contributed by atoms with van der Waals surface area (Å²) in [7, 11) is 0. The van der Waals surface area contributed by atoms with E-state index in [9.17, 15) is 0 Å². The molecule has 1 N–H and O–H groups in total. The topological polar surface area (TPSA) is 30.5 Å². The minimum Gasteiger partial charge on any atom is -0.355 e. The fourth-order valence-corrected chi connectivity index (χ4v) is 1.96. The summed E-state index contributed by atoms with van der Waals surface area (Å²) < 4.78 is 10.6. The van der Waals surface area contributed by atoms with Crippen LogP contribution in [0.2, 0.25) is 0 Å². The number of nitrogens with one attached hydrogen (secondary N) is 1. The van der Waals surface area contributed by atoms with Crippen molar-refractivity contribution in [1.82, 2.24) is 5.32 Å². The minimum absolute atomic E-state index is 0.276. The van der Waals surface area contributed by atoms with Gasteiger partial charge in [-0.3, -0.25) is 0 Å². The zero-order valence-electron chi connectivity index (χ0n) is 6.93. The van der Waals surface area contributed by atoms with Crippen LogP contribution in [0.15, 0.2) is 0 Å². The predicted octanol–water partition coefficient (Wildman–Crippen LogP) is 0.359. The molecule has 2 saturated heterocycles. The van der Waals surface area contributed by atoms with Gasteiger partial charge in [0, 0.05) is 11.5 Å². The Morgan fingerprint density at radius 3 is 2.64 bits per heavy atom. The van der Waals surface area contributed by atoms with Gasteiger partial charge in [-0.15, -0.1) is 0 Å². The summed E-state index contributed by atoms with van der Waals surface area (Å²) in [6, 6.07) is 0.544. The molecule has 0 aromatic rings. The normalized spacial score (nSPS) is 36.3. The molecule has 0 aliphatic carbocycles. The zero-order valence-corrected chi connectivity index (χ0v) is 6.93. The number of hydrogen-bond acceptors (Lipinski definition) is 3. The van der Waals surface area contributed by atoms with Gasteiger partial charge in [-0.05, 0) is 19.9 Å². The highest BCUT2D eigenvalue weighted by molar-refractivity contribution is 4.95. The molecule has 0 bridgehead atoms. The van der Waals surface area contributed by atoms with Crippen LogP contribution in [0.1, 0.15) is 13.3 Å². The van der Waals surface area contributed by atoms with E-state index in [0.29, 0.717) is 12.8 Å². The molecular weight excluding hydrogens is 142 g/mol. The molecule has 2 aliphatic rings. The van der Waals surface area contributed by atoms with Crippen molar-refractivity contribution >= 4 is 0 Å². The lowest BCUT2D eigenvalue weighted by atomic mass is 9.82. The average molecular weight is 157 g/mol. The third-order valence-electron chi connectivity index (χ3n) is 2.94. The van der Waals surface area contributed by atoms with E-state index in [4.69, 9.17) is 9.47 Å². The van der Waals surface area contributed by atoms with E-state index in [2.05, 4.69) is 12.2 Å². The molecule has 0 aromatic carbocycles. The lowest BCUT2D eigenvalue weighted by molar-refractivity contribution is -0.165. The van der Waals surface area contributed by atoms with Gasteiger partial charge in [0.25, 0.3) is 0 Å². The van der Waals surface area contributed by atoms with Gasteiger partial charge >= 0.3 is 0 Å². The number of hydrogen-bond donors (Lipinski definition) is 1. The van der Waals surface area contributed by atoms with E-state index in [1.54, 1.807) is 0 Å². The summed E-state index contributed by atoms with van der Waals surface area (Å²) in [5, 5.41) is 3.42. The molecule has 0 amide bonds. The standard InChI is InChI=1S/C8H15NO2/c1-7-8(2-3-9-7)4-10-6-11-5-8/h7,9H,2-6H2,1H3. The largest absolute Gasteiger partial charge is 0.355 e. The SMILES string of the molecule is CC1NCCC12COCOC2. The highest BCUT2D eigenvalue weighted by Gasteiger charge is 2.42.